The first kappa shape index (κ1) is 30.1. The number of hydrogen-bond donors (Lipinski definition) is 1. The van der Waals surface area contributed by atoms with Crippen molar-refractivity contribution in [2.24, 2.45) is 0 Å². The van der Waals surface area contributed by atoms with E-state index in [9.17, 15) is 19.2 Å². The molecule has 4 rings (SSSR count). The molecule has 1 unspecified atom stereocenters. The zero-order chi connectivity index (χ0) is 23.4. The Balaban J connectivity index is 0.00000141. The Kier molecular flexibility index (Phi) is 11.7. The predicted octanol–water partition coefficient (Wildman–Crippen LogP) is -0.959. The molecule has 1 aromatic rings. The molecular formula is C22H26CsN5O6. The number of carbonyl (C=O) groups is 4. The number of ether oxygens (including phenoxy) is 2. The second kappa shape index (κ2) is 13.2. The number of cyclic esters (lactones) is 1. The molecule has 34 heavy (non-hydrogen) atoms. The van der Waals surface area contributed by atoms with E-state index in [0.717, 1.165) is 4.90 Å². The van der Waals surface area contributed by atoms with E-state index in [0.29, 0.717) is 0 Å². The first-order chi connectivity index (χ1) is 15.4. The minimum atomic E-state index is -0.759. The summed E-state index contributed by atoms with van der Waals surface area (Å²) in [6.07, 6.45) is 4.38. The summed E-state index contributed by atoms with van der Waals surface area (Å²) in [5.74, 6) is -0.965. The van der Waals surface area contributed by atoms with E-state index in [1.165, 1.54) is 17.2 Å². The number of carbonyl (C=O) groups excluding carboxylic acids is 4. The molecule has 1 N–H and O–H groups in total. The zero-order valence-electron chi connectivity index (χ0n) is 20.0. The standard InChI is InChI=1S/C19H17N5O6.C2H6.CH3.Cs/c1-3-5-12-11(4-2)17(26)24(18(12)27)8-10-7-23(19(28)30-10)13-6-20-16-15(21-13)22-14(25)9-29-16;1-2;;/h3-6,10H,2,7-9H2,1H3,(H,21,22,25);1-2H3;1H3;/q;;-1;+1/b5-3-;;;. The molecule has 0 spiro atoms. The van der Waals surface area contributed by atoms with Crippen molar-refractivity contribution in [2.45, 2.75) is 26.9 Å². The van der Waals surface area contributed by atoms with E-state index in [2.05, 4.69) is 21.9 Å². The Hall–Kier alpha value is -1.97. The summed E-state index contributed by atoms with van der Waals surface area (Å²) >= 11 is 0. The second-order valence-corrected chi connectivity index (χ2v) is 6.59. The summed E-state index contributed by atoms with van der Waals surface area (Å²) in [7, 11) is 0. The van der Waals surface area contributed by atoms with Crippen molar-refractivity contribution in [3.8, 4) is 5.88 Å². The third-order valence-corrected chi connectivity index (χ3v) is 4.64. The molecule has 3 aliphatic heterocycles. The van der Waals surface area contributed by atoms with Gasteiger partial charge in [-0.1, -0.05) is 38.7 Å². The number of aromatic nitrogens is 2. The van der Waals surface area contributed by atoms with E-state index in [1.54, 1.807) is 19.1 Å². The van der Waals surface area contributed by atoms with Gasteiger partial charge in [-0.2, -0.15) is 0 Å². The molecule has 3 aliphatic rings. The Bertz CT molecular complexity index is 1050. The SMILES string of the molecule is C=CC1=C(/C=C\C)C(=O)N(CC2CN(c3cnc4c(n3)NC(=O)CO4)C(=O)O2)C1=O.CC.[CH3-].[Cs+]. The van der Waals surface area contributed by atoms with Gasteiger partial charge in [-0.15, -0.1) is 0 Å². The fraction of sp³-hybridized carbons (Fsp3) is 0.318. The van der Waals surface area contributed by atoms with Crippen LogP contribution in [0.15, 0.2) is 42.2 Å². The summed E-state index contributed by atoms with van der Waals surface area (Å²) in [6.45, 7) is 9.09. The Morgan fingerprint density at radius 3 is 2.53 bits per heavy atom. The van der Waals surface area contributed by atoms with Gasteiger partial charge in [-0.25, -0.2) is 14.8 Å². The maximum atomic E-state index is 12.6. The fourth-order valence-electron chi connectivity index (χ4n) is 3.30. The summed E-state index contributed by atoms with van der Waals surface area (Å²) in [4.78, 5) is 59.4. The van der Waals surface area contributed by atoms with Gasteiger partial charge in [0.2, 0.25) is 0 Å². The number of amides is 4. The topological polar surface area (TPSA) is 131 Å². The molecule has 4 amide bonds. The molecular weight excluding hydrogens is 563 g/mol. The second-order valence-electron chi connectivity index (χ2n) is 6.59. The largest absolute Gasteiger partial charge is 1.00 e. The van der Waals surface area contributed by atoms with Crippen LogP contribution in [-0.4, -0.2) is 64.5 Å². The number of fused-ring (bicyclic) bond motifs is 1. The first-order valence-electron chi connectivity index (χ1n) is 10.1. The average molecular weight is 589 g/mol. The minimum Gasteiger partial charge on any atom is -0.465 e. The van der Waals surface area contributed by atoms with Crippen LogP contribution in [-0.2, 0) is 19.1 Å². The summed E-state index contributed by atoms with van der Waals surface area (Å²) in [5.41, 5.74) is 0.450. The van der Waals surface area contributed by atoms with Crippen molar-refractivity contribution >= 4 is 35.5 Å². The monoisotopic (exact) mass is 589 g/mol. The molecule has 1 saturated heterocycles. The molecule has 11 nitrogen and oxygen atoms in total. The predicted molar refractivity (Wildman–Crippen MR) is 120 cm³/mol. The van der Waals surface area contributed by atoms with E-state index in [4.69, 9.17) is 9.47 Å². The number of nitrogens with one attached hydrogen (secondary N) is 1. The van der Waals surface area contributed by atoms with Crippen LogP contribution in [0.1, 0.15) is 20.8 Å². The van der Waals surface area contributed by atoms with Gasteiger partial charge >= 0.3 is 75.0 Å². The molecule has 1 aromatic heterocycles. The average Bonchev–Trinajstić information content (AvgIpc) is 3.27. The summed E-state index contributed by atoms with van der Waals surface area (Å²) in [5, 5.41) is 2.51. The third-order valence-electron chi connectivity index (χ3n) is 4.64. The molecule has 0 aromatic carbocycles. The number of imide groups is 1. The van der Waals surface area contributed by atoms with Crippen LogP contribution in [0, 0.1) is 7.43 Å². The van der Waals surface area contributed by atoms with Crippen LogP contribution < -0.4 is 83.8 Å². The van der Waals surface area contributed by atoms with Gasteiger partial charge in [-0.05, 0) is 6.92 Å². The van der Waals surface area contributed by atoms with Crippen molar-refractivity contribution in [1.29, 1.82) is 0 Å². The van der Waals surface area contributed by atoms with Crippen LogP contribution in [0.5, 0.6) is 5.88 Å². The number of anilines is 2. The van der Waals surface area contributed by atoms with Crippen LogP contribution >= 0.6 is 0 Å². The van der Waals surface area contributed by atoms with Crippen molar-refractivity contribution in [1.82, 2.24) is 14.9 Å². The van der Waals surface area contributed by atoms with E-state index in [1.807, 2.05) is 13.8 Å². The van der Waals surface area contributed by atoms with Gasteiger partial charge in [0.25, 0.3) is 23.6 Å². The smallest absolute Gasteiger partial charge is 0.465 e. The van der Waals surface area contributed by atoms with Crippen molar-refractivity contribution in [2.75, 3.05) is 29.9 Å². The molecule has 0 saturated carbocycles. The fourth-order valence-corrected chi connectivity index (χ4v) is 3.30. The third kappa shape index (κ3) is 5.99. The normalized spacial score (nSPS) is 18.9. The number of allylic oxidation sites excluding steroid dienone is 1. The quantitative estimate of drug-likeness (QED) is 0.344. The molecule has 1 atom stereocenters. The van der Waals surface area contributed by atoms with E-state index in [-0.39, 0.29) is 131 Å². The van der Waals surface area contributed by atoms with Crippen molar-refractivity contribution < 1.29 is 97.5 Å². The number of nitrogens with zero attached hydrogens (tertiary/aromatic N) is 4. The van der Waals surface area contributed by atoms with Crippen LogP contribution in [0.3, 0.4) is 0 Å². The molecule has 176 valence electrons. The van der Waals surface area contributed by atoms with Crippen molar-refractivity contribution in [3.05, 3.63) is 49.6 Å². The molecule has 4 heterocycles. The maximum absolute atomic E-state index is 12.6. The Labute approximate surface area is 257 Å². The van der Waals surface area contributed by atoms with E-state index >= 15 is 0 Å². The summed E-state index contributed by atoms with van der Waals surface area (Å²) in [6, 6.07) is 0. The van der Waals surface area contributed by atoms with Crippen LogP contribution in [0.4, 0.5) is 16.4 Å². The molecule has 0 radical (unpaired) electrons. The number of hydrogen-bond acceptors (Lipinski definition) is 8. The van der Waals surface area contributed by atoms with Crippen LogP contribution in [0.25, 0.3) is 0 Å². The molecule has 1 fully saturated rings. The Morgan fingerprint density at radius 1 is 1.21 bits per heavy atom. The van der Waals surface area contributed by atoms with Crippen LogP contribution in [0.2, 0.25) is 0 Å². The zero-order valence-corrected chi connectivity index (χ0v) is 26.2. The van der Waals surface area contributed by atoms with Gasteiger partial charge in [-0.3, -0.25) is 24.2 Å². The van der Waals surface area contributed by atoms with Gasteiger partial charge in [0.1, 0.15) is 6.10 Å². The Morgan fingerprint density at radius 2 is 1.88 bits per heavy atom. The first-order valence-corrected chi connectivity index (χ1v) is 10.1. The van der Waals surface area contributed by atoms with Crippen molar-refractivity contribution in [3.63, 3.8) is 0 Å². The number of rotatable bonds is 5. The molecule has 0 aliphatic carbocycles. The maximum Gasteiger partial charge on any atom is 1.00 e. The molecule has 0 bridgehead atoms. The van der Waals surface area contributed by atoms with E-state index < -0.39 is 24.0 Å². The van der Waals surface area contributed by atoms with Gasteiger partial charge in [0.15, 0.2) is 18.2 Å². The minimum absolute atomic E-state index is 0. The van der Waals surface area contributed by atoms with Gasteiger partial charge in [0, 0.05) is 0 Å². The van der Waals surface area contributed by atoms with Gasteiger partial charge < -0.3 is 22.2 Å². The van der Waals surface area contributed by atoms with Gasteiger partial charge in [0.05, 0.1) is 30.4 Å². The summed E-state index contributed by atoms with van der Waals surface area (Å²) < 4.78 is 10.5. The molecule has 12 heteroatoms.